The predicted octanol–water partition coefficient (Wildman–Crippen LogP) is 7.55. The molecule has 2 heterocycles. The summed E-state index contributed by atoms with van der Waals surface area (Å²) in [5.74, 6) is -0.700. The minimum Gasteiger partial charge on any atom is -0.481 e. The highest BCUT2D eigenvalue weighted by Crippen LogP contribution is 2.37. The minimum atomic E-state index is -0.700. The summed E-state index contributed by atoms with van der Waals surface area (Å²) in [5, 5.41) is 19.1. The number of hydrogen-bond acceptors (Lipinski definition) is 4. The van der Waals surface area contributed by atoms with Crippen LogP contribution in [0.25, 0.3) is 6.08 Å². The summed E-state index contributed by atoms with van der Waals surface area (Å²) in [6.07, 6.45) is 16.4. The van der Waals surface area contributed by atoms with Gasteiger partial charge in [0.25, 0.3) is 0 Å². The molecule has 0 aromatic carbocycles. The Labute approximate surface area is 197 Å². The van der Waals surface area contributed by atoms with Gasteiger partial charge in [0, 0.05) is 21.6 Å². The van der Waals surface area contributed by atoms with Gasteiger partial charge < -0.3 is 10.2 Å². The maximum absolute atomic E-state index is 11.2. The third-order valence-corrected chi connectivity index (χ3v) is 8.48. The molecule has 0 amide bonds. The van der Waals surface area contributed by atoms with Gasteiger partial charge in [-0.25, -0.2) is 0 Å². The first kappa shape index (κ1) is 26.2. The van der Waals surface area contributed by atoms with Crippen LogP contribution in [0, 0.1) is 10.8 Å². The number of hydrogen-bond donors (Lipinski definition) is 2. The lowest BCUT2D eigenvalue weighted by molar-refractivity contribution is -0.147. The molecule has 1 aliphatic heterocycles. The molecule has 5 heteroatoms. The zero-order chi connectivity index (χ0) is 22.9. The van der Waals surface area contributed by atoms with Crippen molar-refractivity contribution in [1.82, 2.24) is 0 Å². The molecule has 0 fully saturated rings. The molecule has 2 N–H and O–H groups in total. The molecule has 1 unspecified atom stereocenters. The summed E-state index contributed by atoms with van der Waals surface area (Å²) in [7, 11) is 0. The van der Waals surface area contributed by atoms with E-state index in [9.17, 15) is 15.0 Å². The van der Waals surface area contributed by atoms with Gasteiger partial charge in [0.1, 0.15) is 0 Å². The third-order valence-electron chi connectivity index (χ3n) is 6.05. The van der Waals surface area contributed by atoms with E-state index in [0.29, 0.717) is 5.25 Å². The summed E-state index contributed by atoms with van der Waals surface area (Å²) >= 11 is 3.86. The molecular weight excluding hydrogens is 424 g/mol. The topological polar surface area (TPSA) is 57.5 Å². The van der Waals surface area contributed by atoms with Crippen LogP contribution in [-0.4, -0.2) is 28.0 Å². The largest absolute Gasteiger partial charge is 0.481 e. The second-order valence-electron chi connectivity index (χ2n) is 10.2. The maximum Gasteiger partial charge on any atom is 0.309 e. The van der Waals surface area contributed by atoms with Crippen LogP contribution in [0.5, 0.6) is 0 Å². The number of allylic oxidation sites excluding steroid dienone is 2. The van der Waals surface area contributed by atoms with Gasteiger partial charge in [-0.3, -0.25) is 4.79 Å². The van der Waals surface area contributed by atoms with E-state index in [0.717, 1.165) is 51.4 Å². The number of unbranched alkanes of at least 4 members (excludes halogenated alkanes) is 2. The summed E-state index contributed by atoms with van der Waals surface area (Å²) in [6.45, 7) is 8.14. The molecule has 2 rings (SSSR count). The number of aliphatic hydroxyl groups is 1. The van der Waals surface area contributed by atoms with E-state index in [4.69, 9.17) is 0 Å². The van der Waals surface area contributed by atoms with Gasteiger partial charge in [0.15, 0.2) is 0 Å². The Morgan fingerprint density at radius 3 is 2.52 bits per heavy atom. The zero-order valence-corrected chi connectivity index (χ0v) is 21.3. The number of thioether (sulfide) groups is 1. The van der Waals surface area contributed by atoms with Crippen molar-refractivity contribution in [3.8, 4) is 0 Å². The van der Waals surface area contributed by atoms with Crippen LogP contribution < -0.4 is 0 Å². The summed E-state index contributed by atoms with van der Waals surface area (Å²) in [5.41, 5.74) is -0.567. The molecule has 31 heavy (non-hydrogen) atoms. The summed E-state index contributed by atoms with van der Waals surface area (Å²) in [4.78, 5) is 15.4. The number of aliphatic carboxylic acids is 1. The van der Waals surface area contributed by atoms with Gasteiger partial charge in [-0.2, -0.15) is 0 Å². The van der Waals surface area contributed by atoms with E-state index in [1.54, 1.807) is 0 Å². The number of aliphatic hydroxyl groups excluding tert-OH is 1. The Kier molecular flexibility index (Phi) is 10.4. The lowest BCUT2D eigenvalue weighted by Crippen LogP contribution is -2.23. The van der Waals surface area contributed by atoms with E-state index in [1.165, 1.54) is 21.1 Å². The minimum absolute atomic E-state index is 0.0459. The first-order valence-corrected chi connectivity index (χ1v) is 13.3. The van der Waals surface area contributed by atoms with Crippen molar-refractivity contribution in [2.75, 3.05) is 6.61 Å². The quantitative estimate of drug-likeness (QED) is 0.279. The molecule has 0 radical (unpaired) electrons. The number of thiophene rings is 1. The molecule has 1 aromatic rings. The third kappa shape index (κ3) is 9.55. The Hall–Kier alpha value is -1.04. The first-order chi connectivity index (χ1) is 14.6. The second-order valence-corrected chi connectivity index (χ2v) is 12.7. The molecule has 0 saturated heterocycles. The second kappa shape index (κ2) is 12.3. The monoisotopic (exact) mass is 464 g/mol. The van der Waals surface area contributed by atoms with Crippen LogP contribution in [0.4, 0.5) is 0 Å². The lowest BCUT2D eigenvalue weighted by Gasteiger charge is -2.20. The lowest BCUT2D eigenvalue weighted by atomic mass is 9.87. The number of carboxylic acids is 1. The first-order valence-electron chi connectivity index (χ1n) is 11.6. The van der Waals surface area contributed by atoms with Crippen LogP contribution in [0.2, 0.25) is 0 Å². The Balaban J connectivity index is 1.65. The molecule has 3 nitrogen and oxygen atoms in total. The van der Waals surface area contributed by atoms with Gasteiger partial charge in [-0.05, 0) is 87.3 Å². The van der Waals surface area contributed by atoms with E-state index >= 15 is 0 Å². The maximum atomic E-state index is 11.2. The fourth-order valence-corrected chi connectivity index (χ4v) is 5.75. The van der Waals surface area contributed by atoms with Gasteiger partial charge in [-0.15, -0.1) is 23.1 Å². The molecule has 0 saturated carbocycles. The molecular formula is C26H40O3S2. The van der Waals surface area contributed by atoms with Crippen LogP contribution in [0.3, 0.4) is 0 Å². The van der Waals surface area contributed by atoms with Gasteiger partial charge in [0.2, 0.25) is 0 Å². The van der Waals surface area contributed by atoms with Crippen molar-refractivity contribution in [3.63, 3.8) is 0 Å². The van der Waals surface area contributed by atoms with Gasteiger partial charge in [-0.1, -0.05) is 38.8 Å². The highest BCUT2D eigenvalue weighted by Gasteiger charge is 2.26. The van der Waals surface area contributed by atoms with E-state index in [1.807, 2.05) is 36.9 Å². The van der Waals surface area contributed by atoms with Crippen molar-refractivity contribution >= 4 is 35.1 Å². The van der Waals surface area contributed by atoms with Crippen molar-refractivity contribution in [3.05, 3.63) is 38.9 Å². The van der Waals surface area contributed by atoms with Crippen LogP contribution in [0.1, 0.15) is 88.8 Å². The van der Waals surface area contributed by atoms with Gasteiger partial charge >= 0.3 is 5.97 Å². The van der Waals surface area contributed by atoms with Crippen molar-refractivity contribution in [1.29, 1.82) is 0 Å². The Bertz CT molecular complexity index is 758. The Morgan fingerprint density at radius 1 is 1.10 bits per heavy atom. The number of aryl methyl sites for hydroxylation is 1. The standard InChI is InChI=1S/C26H40O3S2/c1-25(2,19-27)17-7-5-9-20-11-13-22(30-20)15-16-23-14-12-21(31-23)10-6-8-18-26(3,4)24(28)29/h11-13,15-16,23,27H,5-10,14,17-19H2,1-4H3,(H,28,29). The number of carboxylic acid groups (broad SMARTS) is 1. The molecule has 174 valence electrons. The van der Waals surface area contributed by atoms with Crippen LogP contribution in [0.15, 0.2) is 29.2 Å². The number of carbonyl (C=O) groups is 1. The normalized spacial score (nSPS) is 17.5. The van der Waals surface area contributed by atoms with Crippen LogP contribution in [-0.2, 0) is 11.2 Å². The summed E-state index contributed by atoms with van der Waals surface area (Å²) in [6, 6.07) is 4.48. The molecule has 1 aliphatic rings. The highest BCUT2D eigenvalue weighted by atomic mass is 32.2. The molecule has 1 atom stereocenters. The van der Waals surface area contributed by atoms with E-state index in [2.05, 4.69) is 44.2 Å². The fourth-order valence-electron chi connectivity index (χ4n) is 3.59. The van der Waals surface area contributed by atoms with Crippen molar-refractivity contribution < 1.29 is 15.0 Å². The fraction of sp³-hybridized carbons (Fsp3) is 0.654. The Morgan fingerprint density at radius 2 is 1.81 bits per heavy atom. The van der Waals surface area contributed by atoms with E-state index in [-0.39, 0.29) is 12.0 Å². The average molecular weight is 465 g/mol. The predicted molar refractivity (Wildman–Crippen MR) is 136 cm³/mol. The molecule has 0 bridgehead atoms. The van der Waals surface area contributed by atoms with Crippen LogP contribution >= 0.6 is 23.1 Å². The molecule has 0 spiro atoms. The zero-order valence-electron chi connectivity index (χ0n) is 19.7. The smallest absolute Gasteiger partial charge is 0.309 e. The molecule has 0 aliphatic carbocycles. The summed E-state index contributed by atoms with van der Waals surface area (Å²) < 4.78 is 0. The number of rotatable bonds is 14. The average Bonchev–Trinajstić information content (AvgIpc) is 3.36. The highest BCUT2D eigenvalue weighted by molar-refractivity contribution is 8.04. The van der Waals surface area contributed by atoms with Gasteiger partial charge in [0.05, 0.1) is 5.41 Å². The molecule has 1 aromatic heterocycles. The van der Waals surface area contributed by atoms with E-state index < -0.39 is 11.4 Å². The SMILES string of the molecule is CC(C)(CO)CCCCc1ccc(C=CC2CC=C(CCCCC(C)(C)C(=O)O)S2)s1. The van der Waals surface area contributed by atoms with Crippen molar-refractivity contribution in [2.45, 2.75) is 90.7 Å². The van der Waals surface area contributed by atoms with Crippen molar-refractivity contribution in [2.24, 2.45) is 10.8 Å².